The highest BCUT2D eigenvalue weighted by molar-refractivity contribution is 5.80. The number of guanidine groups is 1. The van der Waals surface area contributed by atoms with Crippen LogP contribution in [0.2, 0.25) is 0 Å². The van der Waals surface area contributed by atoms with Gasteiger partial charge in [0.2, 0.25) is 5.91 Å². The van der Waals surface area contributed by atoms with Crippen molar-refractivity contribution < 1.29 is 14.3 Å². The Kier molecular flexibility index (Phi) is 10.3. The van der Waals surface area contributed by atoms with E-state index in [9.17, 15) is 4.79 Å². The van der Waals surface area contributed by atoms with Gasteiger partial charge in [0, 0.05) is 32.6 Å². The number of nitrogens with one attached hydrogen (secondary N) is 2. The number of rotatable bonds is 10. The largest absolute Gasteiger partial charge is 0.493 e. The summed E-state index contributed by atoms with van der Waals surface area (Å²) in [6.45, 7) is 4.12. The summed E-state index contributed by atoms with van der Waals surface area (Å²) in [5.41, 5.74) is 1.17. The van der Waals surface area contributed by atoms with E-state index in [1.54, 1.807) is 14.2 Å². The molecule has 0 radical (unpaired) electrons. The Morgan fingerprint density at radius 3 is 2.57 bits per heavy atom. The van der Waals surface area contributed by atoms with Crippen molar-refractivity contribution in [1.29, 1.82) is 0 Å². The third-order valence-electron chi connectivity index (χ3n) is 5.45. The molecule has 1 saturated carbocycles. The number of amides is 1. The summed E-state index contributed by atoms with van der Waals surface area (Å²) < 4.78 is 10.7. The van der Waals surface area contributed by atoms with Gasteiger partial charge in [0.1, 0.15) is 0 Å². The lowest BCUT2D eigenvalue weighted by Crippen LogP contribution is -2.40. The highest BCUT2D eigenvalue weighted by Gasteiger charge is 2.15. The monoisotopic (exact) mass is 418 g/mol. The van der Waals surface area contributed by atoms with E-state index in [4.69, 9.17) is 9.47 Å². The number of ether oxygens (including phenoxy) is 2. The molecule has 0 bridgehead atoms. The number of aliphatic imine (C=N–C) groups is 1. The SMILES string of the molecule is CCNC(=NCCC(=O)NC1CCCCC1)N(C)CCc1ccc(OC)c(OC)c1. The lowest BCUT2D eigenvalue weighted by atomic mass is 9.95. The molecule has 0 aromatic heterocycles. The predicted octanol–water partition coefficient (Wildman–Crippen LogP) is 2.98. The minimum atomic E-state index is 0.106. The zero-order valence-corrected chi connectivity index (χ0v) is 19.0. The van der Waals surface area contributed by atoms with Crippen molar-refractivity contribution in [2.24, 2.45) is 4.99 Å². The maximum absolute atomic E-state index is 12.2. The van der Waals surface area contributed by atoms with Crippen LogP contribution in [-0.2, 0) is 11.2 Å². The number of carbonyl (C=O) groups is 1. The average molecular weight is 419 g/mol. The van der Waals surface area contributed by atoms with Crippen molar-refractivity contribution in [3.63, 3.8) is 0 Å². The molecule has 168 valence electrons. The van der Waals surface area contributed by atoms with Crippen LogP contribution in [0.4, 0.5) is 0 Å². The van der Waals surface area contributed by atoms with Gasteiger partial charge >= 0.3 is 0 Å². The van der Waals surface area contributed by atoms with E-state index in [1.165, 1.54) is 24.8 Å². The van der Waals surface area contributed by atoms with Crippen LogP contribution in [0.5, 0.6) is 11.5 Å². The Labute approximate surface area is 181 Å². The van der Waals surface area contributed by atoms with E-state index in [0.717, 1.165) is 49.8 Å². The molecule has 2 N–H and O–H groups in total. The second kappa shape index (κ2) is 13.0. The van der Waals surface area contributed by atoms with Crippen molar-refractivity contribution >= 4 is 11.9 Å². The summed E-state index contributed by atoms with van der Waals surface area (Å²) in [5, 5.41) is 6.47. The van der Waals surface area contributed by atoms with Crippen molar-refractivity contribution in [3.05, 3.63) is 23.8 Å². The van der Waals surface area contributed by atoms with Crippen LogP contribution in [0, 0.1) is 0 Å². The molecule has 30 heavy (non-hydrogen) atoms. The molecule has 7 nitrogen and oxygen atoms in total. The first-order chi connectivity index (χ1) is 14.6. The Morgan fingerprint density at radius 2 is 1.90 bits per heavy atom. The van der Waals surface area contributed by atoms with Gasteiger partial charge in [-0.25, -0.2) is 0 Å². The first-order valence-electron chi connectivity index (χ1n) is 11.1. The second-order valence-electron chi connectivity index (χ2n) is 7.75. The maximum atomic E-state index is 12.2. The number of methoxy groups -OCH3 is 2. The zero-order valence-electron chi connectivity index (χ0n) is 19.0. The first-order valence-corrected chi connectivity index (χ1v) is 11.1. The highest BCUT2D eigenvalue weighted by Crippen LogP contribution is 2.27. The Balaban J connectivity index is 1.84. The minimum Gasteiger partial charge on any atom is -0.493 e. The van der Waals surface area contributed by atoms with Crippen LogP contribution in [0.15, 0.2) is 23.2 Å². The first kappa shape index (κ1) is 23.8. The van der Waals surface area contributed by atoms with Crippen LogP contribution in [0.1, 0.15) is 51.0 Å². The fourth-order valence-corrected chi connectivity index (χ4v) is 3.72. The normalized spacial score (nSPS) is 14.9. The van der Waals surface area contributed by atoms with E-state index in [2.05, 4.69) is 26.6 Å². The van der Waals surface area contributed by atoms with Gasteiger partial charge < -0.3 is 25.0 Å². The lowest BCUT2D eigenvalue weighted by molar-refractivity contribution is -0.121. The van der Waals surface area contributed by atoms with Gasteiger partial charge in [0.15, 0.2) is 17.5 Å². The van der Waals surface area contributed by atoms with Crippen LogP contribution in [0.25, 0.3) is 0 Å². The third kappa shape index (κ3) is 7.76. The molecule has 1 aliphatic rings. The fourth-order valence-electron chi connectivity index (χ4n) is 3.72. The van der Waals surface area contributed by atoms with Gasteiger partial charge in [-0.05, 0) is 43.9 Å². The smallest absolute Gasteiger partial charge is 0.222 e. The summed E-state index contributed by atoms with van der Waals surface area (Å²) in [5.74, 6) is 2.40. The molecule has 1 fully saturated rings. The van der Waals surface area contributed by atoms with Gasteiger partial charge in [-0.2, -0.15) is 0 Å². The Bertz CT molecular complexity index is 687. The number of hydrogen-bond acceptors (Lipinski definition) is 4. The number of hydrogen-bond donors (Lipinski definition) is 2. The van der Waals surface area contributed by atoms with Crippen molar-refractivity contribution in [2.45, 2.75) is 57.9 Å². The molecule has 7 heteroatoms. The van der Waals surface area contributed by atoms with Gasteiger partial charge in [-0.3, -0.25) is 9.79 Å². The van der Waals surface area contributed by atoms with Crippen LogP contribution in [0.3, 0.4) is 0 Å². The fraction of sp³-hybridized carbons (Fsp3) is 0.652. The van der Waals surface area contributed by atoms with Crippen LogP contribution in [-0.4, -0.2) is 63.7 Å². The Hall–Kier alpha value is -2.44. The predicted molar refractivity (Wildman–Crippen MR) is 121 cm³/mol. The van der Waals surface area contributed by atoms with Crippen molar-refractivity contribution in [3.8, 4) is 11.5 Å². The van der Waals surface area contributed by atoms with E-state index in [1.807, 2.05) is 26.1 Å². The molecule has 0 heterocycles. The molecule has 0 aliphatic heterocycles. The molecule has 0 atom stereocenters. The number of carbonyl (C=O) groups excluding carboxylic acids is 1. The molecule has 1 aromatic rings. The van der Waals surface area contributed by atoms with E-state index in [0.29, 0.717) is 19.0 Å². The molecule has 1 aliphatic carbocycles. The molecule has 1 aromatic carbocycles. The summed E-state index contributed by atoms with van der Waals surface area (Å²) in [6.07, 6.45) is 7.22. The summed E-state index contributed by atoms with van der Waals surface area (Å²) in [4.78, 5) is 18.9. The van der Waals surface area contributed by atoms with Gasteiger partial charge in [0.05, 0.1) is 20.8 Å². The molecule has 1 amide bonds. The van der Waals surface area contributed by atoms with Crippen LogP contribution < -0.4 is 20.1 Å². The molecule has 2 rings (SSSR count). The minimum absolute atomic E-state index is 0.106. The maximum Gasteiger partial charge on any atom is 0.222 e. The summed E-state index contributed by atoms with van der Waals surface area (Å²) in [6, 6.07) is 6.34. The van der Waals surface area contributed by atoms with Gasteiger partial charge in [-0.1, -0.05) is 25.3 Å². The van der Waals surface area contributed by atoms with Gasteiger partial charge in [-0.15, -0.1) is 0 Å². The van der Waals surface area contributed by atoms with Gasteiger partial charge in [0.25, 0.3) is 0 Å². The average Bonchev–Trinajstić information content (AvgIpc) is 2.77. The van der Waals surface area contributed by atoms with E-state index >= 15 is 0 Å². The number of nitrogens with zero attached hydrogens (tertiary/aromatic N) is 2. The lowest BCUT2D eigenvalue weighted by Gasteiger charge is -2.23. The molecule has 0 spiro atoms. The number of benzene rings is 1. The zero-order chi connectivity index (χ0) is 21.8. The van der Waals surface area contributed by atoms with Crippen molar-refractivity contribution in [1.82, 2.24) is 15.5 Å². The second-order valence-corrected chi connectivity index (χ2v) is 7.75. The molecule has 0 unspecified atom stereocenters. The highest BCUT2D eigenvalue weighted by atomic mass is 16.5. The van der Waals surface area contributed by atoms with Crippen molar-refractivity contribution in [2.75, 3.05) is 40.9 Å². The molecular formula is C23H38N4O3. The molecular weight excluding hydrogens is 380 g/mol. The molecule has 0 saturated heterocycles. The quantitative estimate of drug-likeness (QED) is 0.451. The topological polar surface area (TPSA) is 75.2 Å². The van der Waals surface area contributed by atoms with E-state index in [-0.39, 0.29) is 5.91 Å². The summed E-state index contributed by atoms with van der Waals surface area (Å²) in [7, 11) is 5.30. The van der Waals surface area contributed by atoms with Crippen LogP contribution >= 0.6 is 0 Å². The van der Waals surface area contributed by atoms with E-state index < -0.39 is 0 Å². The summed E-state index contributed by atoms with van der Waals surface area (Å²) >= 11 is 0. The number of likely N-dealkylation sites (N-methyl/N-ethyl adjacent to an activating group) is 1. The standard InChI is InChI=1S/C23H38N4O3/c1-5-24-23(25-15-13-22(28)26-19-9-7-6-8-10-19)27(2)16-14-18-11-12-20(29-3)21(17-18)30-4/h11-12,17,19H,5-10,13-16H2,1-4H3,(H,24,25)(H,26,28). The third-order valence-corrected chi connectivity index (χ3v) is 5.45. The Morgan fingerprint density at radius 1 is 1.17 bits per heavy atom.